The molecule has 0 aliphatic rings. The third-order valence-corrected chi connectivity index (χ3v) is 5.02. The summed E-state index contributed by atoms with van der Waals surface area (Å²) < 4.78 is 13.5. The normalized spacial score (nSPS) is 11.0. The predicted molar refractivity (Wildman–Crippen MR) is 118 cm³/mol. The summed E-state index contributed by atoms with van der Waals surface area (Å²) in [6, 6.07) is 24.6. The number of fused-ring (bicyclic) bond motifs is 1. The lowest BCUT2D eigenvalue weighted by atomic mass is 10.1. The molecule has 4 rings (SSSR count). The fourth-order valence-corrected chi connectivity index (χ4v) is 3.56. The summed E-state index contributed by atoms with van der Waals surface area (Å²) in [6.45, 7) is 3.71. The number of ether oxygens (including phenoxy) is 2. The highest BCUT2D eigenvalue weighted by Gasteiger charge is 2.12. The number of aromatic nitrogens is 2. The topological polar surface area (TPSA) is 36.3 Å². The highest BCUT2D eigenvalue weighted by atomic mass is 16.5. The summed E-state index contributed by atoms with van der Waals surface area (Å²) in [7, 11) is 1.67. The number of aryl methyl sites for hydroxylation is 2. The molecule has 4 aromatic rings. The van der Waals surface area contributed by atoms with Crippen LogP contribution in [0.4, 0.5) is 0 Å². The van der Waals surface area contributed by atoms with E-state index < -0.39 is 0 Å². The Balaban J connectivity index is 1.45. The van der Waals surface area contributed by atoms with Crippen molar-refractivity contribution in [1.29, 1.82) is 0 Å². The molecule has 148 valence electrons. The molecule has 0 bridgehead atoms. The summed E-state index contributed by atoms with van der Waals surface area (Å²) in [5, 5.41) is 0. The molecule has 0 amide bonds. The third kappa shape index (κ3) is 4.43. The van der Waals surface area contributed by atoms with Crippen LogP contribution in [-0.4, -0.2) is 23.3 Å². The van der Waals surface area contributed by atoms with E-state index in [0.29, 0.717) is 6.61 Å². The monoisotopic (exact) mass is 386 g/mol. The molecule has 3 aromatic carbocycles. The van der Waals surface area contributed by atoms with Gasteiger partial charge < -0.3 is 14.0 Å². The van der Waals surface area contributed by atoms with E-state index in [1.165, 1.54) is 11.1 Å². The maximum absolute atomic E-state index is 5.88. The number of rotatable bonds is 8. The average Bonchev–Trinajstić information content (AvgIpc) is 3.12. The largest absolute Gasteiger partial charge is 0.497 e. The molecular weight excluding hydrogens is 360 g/mol. The molecule has 0 N–H and O–H groups in total. The lowest BCUT2D eigenvalue weighted by molar-refractivity contribution is 0.301. The van der Waals surface area contributed by atoms with Gasteiger partial charge in [0.2, 0.25) is 0 Å². The molecule has 4 heteroatoms. The molecule has 0 spiro atoms. The molecule has 1 heterocycles. The van der Waals surface area contributed by atoms with Gasteiger partial charge in [0.15, 0.2) is 0 Å². The summed E-state index contributed by atoms with van der Waals surface area (Å²) in [5.74, 6) is 2.69. The highest BCUT2D eigenvalue weighted by molar-refractivity contribution is 5.80. The van der Waals surface area contributed by atoms with Crippen LogP contribution in [0.15, 0.2) is 72.8 Å². The van der Waals surface area contributed by atoms with E-state index in [9.17, 15) is 0 Å². The standard InChI is InChI=1S/C25H26N2O2/c1-19-9-7-10-20(17-19)25-26-23-13-3-4-14-24(23)27(25)15-5-6-16-29-22-12-8-11-21(18-22)28-2/h3-4,7-14,17-18H,5-6,15-16H2,1-2H3. The Hall–Kier alpha value is -3.27. The Kier molecular flexibility index (Phi) is 5.80. The number of methoxy groups -OCH3 is 1. The molecule has 4 nitrogen and oxygen atoms in total. The van der Waals surface area contributed by atoms with Crippen LogP contribution in [0.1, 0.15) is 18.4 Å². The molecule has 0 unspecified atom stereocenters. The van der Waals surface area contributed by atoms with Crippen LogP contribution in [0.3, 0.4) is 0 Å². The second-order valence-electron chi connectivity index (χ2n) is 7.18. The van der Waals surface area contributed by atoms with Crippen LogP contribution in [0.25, 0.3) is 22.4 Å². The van der Waals surface area contributed by atoms with Crippen LogP contribution in [0.2, 0.25) is 0 Å². The van der Waals surface area contributed by atoms with Crippen molar-refractivity contribution in [3.05, 3.63) is 78.4 Å². The number of unbranched alkanes of at least 4 members (excludes halogenated alkanes) is 1. The van der Waals surface area contributed by atoms with Crippen molar-refractivity contribution in [2.75, 3.05) is 13.7 Å². The fraction of sp³-hybridized carbons (Fsp3) is 0.240. The fourth-order valence-electron chi connectivity index (χ4n) is 3.56. The first-order valence-electron chi connectivity index (χ1n) is 10.0. The van der Waals surface area contributed by atoms with E-state index in [1.54, 1.807) is 7.11 Å². The van der Waals surface area contributed by atoms with Gasteiger partial charge in [0.1, 0.15) is 17.3 Å². The molecule has 0 saturated carbocycles. The molecule has 0 aliphatic heterocycles. The zero-order chi connectivity index (χ0) is 20.1. The van der Waals surface area contributed by atoms with Crippen molar-refractivity contribution in [3.8, 4) is 22.9 Å². The van der Waals surface area contributed by atoms with Gasteiger partial charge in [-0.1, -0.05) is 42.0 Å². The van der Waals surface area contributed by atoms with Gasteiger partial charge in [0.05, 0.1) is 24.8 Å². The zero-order valence-corrected chi connectivity index (χ0v) is 17.0. The summed E-state index contributed by atoms with van der Waals surface area (Å²) in [4.78, 5) is 4.91. The van der Waals surface area contributed by atoms with Crippen LogP contribution >= 0.6 is 0 Å². The van der Waals surface area contributed by atoms with Crippen LogP contribution in [-0.2, 0) is 6.54 Å². The van der Waals surface area contributed by atoms with Gasteiger partial charge in [-0.3, -0.25) is 0 Å². The maximum Gasteiger partial charge on any atom is 0.141 e. The van der Waals surface area contributed by atoms with Gasteiger partial charge in [0, 0.05) is 18.2 Å². The van der Waals surface area contributed by atoms with E-state index in [2.05, 4.69) is 54.0 Å². The predicted octanol–water partition coefficient (Wildman–Crippen LogP) is 5.88. The minimum atomic E-state index is 0.680. The number of hydrogen-bond acceptors (Lipinski definition) is 3. The first kappa shape index (κ1) is 19.1. The van der Waals surface area contributed by atoms with Gasteiger partial charge in [0.25, 0.3) is 0 Å². The Bertz CT molecular complexity index is 1100. The van der Waals surface area contributed by atoms with Gasteiger partial charge in [-0.15, -0.1) is 0 Å². The molecule has 0 radical (unpaired) electrons. The lowest BCUT2D eigenvalue weighted by Crippen LogP contribution is -2.04. The molecular formula is C25H26N2O2. The Morgan fingerprint density at radius 1 is 0.862 bits per heavy atom. The van der Waals surface area contributed by atoms with Crippen LogP contribution in [0, 0.1) is 6.92 Å². The van der Waals surface area contributed by atoms with E-state index in [4.69, 9.17) is 14.5 Å². The molecule has 1 aromatic heterocycles. The number of hydrogen-bond donors (Lipinski definition) is 0. The van der Waals surface area contributed by atoms with Gasteiger partial charge in [-0.05, 0) is 50.1 Å². The Morgan fingerprint density at radius 3 is 2.55 bits per heavy atom. The maximum atomic E-state index is 5.88. The van der Waals surface area contributed by atoms with E-state index >= 15 is 0 Å². The van der Waals surface area contributed by atoms with Crippen LogP contribution < -0.4 is 9.47 Å². The van der Waals surface area contributed by atoms with Crippen molar-refractivity contribution in [1.82, 2.24) is 9.55 Å². The molecule has 0 saturated heterocycles. The first-order valence-corrected chi connectivity index (χ1v) is 10.0. The van der Waals surface area contributed by atoms with E-state index in [-0.39, 0.29) is 0 Å². The van der Waals surface area contributed by atoms with E-state index in [1.807, 2.05) is 30.3 Å². The summed E-state index contributed by atoms with van der Waals surface area (Å²) in [6.07, 6.45) is 1.99. The zero-order valence-electron chi connectivity index (χ0n) is 17.0. The number of para-hydroxylation sites is 2. The highest BCUT2D eigenvalue weighted by Crippen LogP contribution is 2.26. The quantitative estimate of drug-likeness (QED) is 0.355. The van der Waals surface area contributed by atoms with Gasteiger partial charge in [-0.25, -0.2) is 4.98 Å². The molecule has 0 aliphatic carbocycles. The smallest absolute Gasteiger partial charge is 0.141 e. The first-order chi connectivity index (χ1) is 14.2. The Labute approximate surface area is 171 Å². The summed E-state index contributed by atoms with van der Waals surface area (Å²) in [5.41, 5.74) is 4.62. The molecule has 0 atom stereocenters. The van der Waals surface area contributed by atoms with Crippen LogP contribution in [0.5, 0.6) is 11.5 Å². The number of benzene rings is 3. The lowest BCUT2D eigenvalue weighted by Gasteiger charge is -2.11. The summed E-state index contributed by atoms with van der Waals surface area (Å²) >= 11 is 0. The van der Waals surface area contributed by atoms with Crippen molar-refractivity contribution < 1.29 is 9.47 Å². The average molecular weight is 386 g/mol. The van der Waals surface area contributed by atoms with Crippen molar-refractivity contribution in [2.45, 2.75) is 26.3 Å². The minimum Gasteiger partial charge on any atom is -0.497 e. The van der Waals surface area contributed by atoms with Crippen molar-refractivity contribution in [3.63, 3.8) is 0 Å². The van der Waals surface area contributed by atoms with Crippen molar-refractivity contribution >= 4 is 11.0 Å². The molecule has 29 heavy (non-hydrogen) atoms. The third-order valence-electron chi connectivity index (χ3n) is 5.02. The number of nitrogens with zero attached hydrogens (tertiary/aromatic N) is 2. The molecule has 0 fully saturated rings. The second-order valence-corrected chi connectivity index (χ2v) is 7.18. The van der Waals surface area contributed by atoms with E-state index in [0.717, 1.165) is 47.8 Å². The Morgan fingerprint density at radius 2 is 1.69 bits per heavy atom. The number of imidazole rings is 1. The minimum absolute atomic E-state index is 0.680. The second kappa shape index (κ2) is 8.82. The van der Waals surface area contributed by atoms with Gasteiger partial charge >= 0.3 is 0 Å². The van der Waals surface area contributed by atoms with Crippen molar-refractivity contribution in [2.24, 2.45) is 0 Å². The van der Waals surface area contributed by atoms with Gasteiger partial charge in [-0.2, -0.15) is 0 Å². The SMILES string of the molecule is COc1cccc(OCCCCn2c(-c3cccc(C)c3)nc3ccccc32)c1.